The Morgan fingerprint density at radius 2 is 1.50 bits per heavy atom. The van der Waals surface area contributed by atoms with E-state index in [4.69, 9.17) is 11.6 Å². The van der Waals surface area contributed by atoms with Crippen LogP contribution in [0, 0.1) is 0 Å². The summed E-state index contributed by atoms with van der Waals surface area (Å²) in [7, 11) is 0. The monoisotopic (exact) mass is 270 g/mol. The molecule has 0 saturated carbocycles. The number of hydrogen-bond acceptors (Lipinski definition) is 4. The predicted octanol–water partition coefficient (Wildman–Crippen LogP) is 2.35. The van der Waals surface area contributed by atoms with E-state index in [9.17, 15) is 0 Å². The molecule has 0 unspecified atom stereocenters. The van der Waals surface area contributed by atoms with Crippen LogP contribution in [0.2, 0.25) is 5.28 Å². The van der Waals surface area contributed by atoms with Crippen molar-refractivity contribution in [2.75, 3.05) is 0 Å². The van der Waals surface area contributed by atoms with Gasteiger partial charge in [-0.15, -0.1) is 0 Å². The number of nitrogens with zero attached hydrogens (tertiary/aromatic N) is 4. The van der Waals surface area contributed by atoms with E-state index in [1.54, 1.807) is 24.8 Å². The minimum Gasteiger partial charge on any atom is -0.235 e. The van der Waals surface area contributed by atoms with Gasteiger partial charge in [0.2, 0.25) is 5.28 Å². The largest absolute Gasteiger partial charge is 0.235 e. The quantitative estimate of drug-likeness (QED) is 0.747. The van der Waals surface area contributed by atoms with Gasteiger partial charge in [-0.05, 0) is 27.5 Å². The topological polar surface area (TPSA) is 51.6 Å². The summed E-state index contributed by atoms with van der Waals surface area (Å²) in [6.07, 6.45) is 6.49. The van der Waals surface area contributed by atoms with E-state index in [0.717, 1.165) is 10.0 Å². The third kappa shape index (κ3) is 2.05. The van der Waals surface area contributed by atoms with Crippen molar-refractivity contribution in [2.45, 2.75) is 0 Å². The van der Waals surface area contributed by atoms with Gasteiger partial charge in [-0.2, -0.15) is 0 Å². The number of aromatic nitrogens is 4. The van der Waals surface area contributed by atoms with Crippen molar-refractivity contribution >= 4 is 27.5 Å². The molecule has 0 aliphatic heterocycles. The lowest BCUT2D eigenvalue weighted by Crippen LogP contribution is -1.90. The van der Waals surface area contributed by atoms with E-state index >= 15 is 0 Å². The molecule has 0 spiro atoms. The first kappa shape index (κ1) is 9.48. The average Bonchev–Trinajstić information content (AvgIpc) is 2.21. The summed E-state index contributed by atoms with van der Waals surface area (Å²) < 4.78 is 0.830. The Kier molecular flexibility index (Phi) is 2.69. The molecule has 0 N–H and O–H groups in total. The second-order valence-corrected chi connectivity index (χ2v) is 3.72. The number of hydrogen-bond donors (Lipinski definition) is 0. The van der Waals surface area contributed by atoms with E-state index in [1.807, 2.05) is 0 Å². The van der Waals surface area contributed by atoms with Crippen LogP contribution in [0.15, 0.2) is 29.3 Å². The lowest BCUT2D eigenvalue weighted by atomic mass is 10.3. The summed E-state index contributed by atoms with van der Waals surface area (Å²) in [6.45, 7) is 0. The molecule has 6 heteroatoms. The minimum atomic E-state index is 0.214. The fourth-order valence-electron chi connectivity index (χ4n) is 0.889. The summed E-state index contributed by atoms with van der Waals surface area (Å²) in [6, 6.07) is 0. The molecule has 0 bridgehead atoms. The molecule has 0 aromatic carbocycles. The van der Waals surface area contributed by atoms with E-state index in [1.165, 1.54) is 0 Å². The highest BCUT2D eigenvalue weighted by molar-refractivity contribution is 9.10. The fourth-order valence-corrected chi connectivity index (χ4v) is 1.19. The molecular weight excluding hydrogens is 267 g/mol. The second kappa shape index (κ2) is 3.98. The molecule has 14 heavy (non-hydrogen) atoms. The molecule has 2 rings (SSSR count). The SMILES string of the molecule is Clc1ncc(-c2ncc(Br)cn2)cn1. The van der Waals surface area contributed by atoms with Gasteiger partial charge in [0.1, 0.15) is 0 Å². The van der Waals surface area contributed by atoms with Gasteiger partial charge in [-0.1, -0.05) is 0 Å². The molecule has 2 aromatic heterocycles. The first-order valence-corrected chi connectivity index (χ1v) is 4.88. The van der Waals surface area contributed by atoms with Crippen LogP contribution in [0.5, 0.6) is 0 Å². The molecule has 4 nitrogen and oxygen atoms in total. The van der Waals surface area contributed by atoms with Gasteiger partial charge < -0.3 is 0 Å². The summed E-state index contributed by atoms with van der Waals surface area (Å²) >= 11 is 8.81. The van der Waals surface area contributed by atoms with E-state index < -0.39 is 0 Å². The van der Waals surface area contributed by atoms with Gasteiger partial charge in [0.05, 0.1) is 10.0 Å². The summed E-state index contributed by atoms with van der Waals surface area (Å²) in [4.78, 5) is 15.9. The molecular formula is C8H4BrClN4. The summed E-state index contributed by atoms with van der Waals surface area (Å²) in [5.41, 5.74) is 0.738. The molecule has 2 aromatic rings. The molecule has 70 valence electrons. The molecule has 0 aliphatic carbocycles. The van der Waals surface area contributed by atoms with Crippen molar-refractivity contribution in [3.63, 3.8) is 0 Å². The van der Waals surface area contributed by atoms with Crippen LogP contribution < -0.4 is 0 Å². The lowest BCUT2D eigenvalue weighted by molar-refractivity contribution is 1.11. The normalized spacial score (nSPS) is 10.1. The van der Waals surface area contributed by atoms with Gasteiger partial charge in [0.15, 0.2) is 5.82 Å². The van der Waals surface area contributed by atoms with Crippen molar-refractivity contribution in [3.05, 3.63) is 34.5 Å². The van der Waals surface area contributed by atoms with Gasteiger partial charge >= 0.3 is 0 Å². The third-order valence-corrected chi connectivity index (χ3v) is 2.10. The van der Waals surface area contributed by atoms with Crippen molar-refractivity contribution in [2.24, 2.45) is 0 Å². The number of rotatable bonds is 1. The van der Waals surface area contributed by atoms with Crippen molar-refractivity contribution in [1.82, 2.24) is 19.9 Å². The maximum Gasteiger partial charge on any atom is 0.222 e. The number of halogens is 2. The zero-order valence-electron chi connectivity index (χ0n) is 6.85. The standard InChI is InChI=1S/C8H4BrClN4/c9-6-3-11-7(12-4-6)5-1-13-8(10)14-2-5/h1-4H. The zero-order chi connectivity index (χ0) is 9.97. The Morgan fingerprint density at radius 3 is 2.07 bits per heavy atom. The fraction of sp³-hybridized carbons (Fsp3) is 0. The Bertz CT molecular complexity index is 385. The van der Waals surface area contributed by atoms with Crippen LogP contribution >= 0.6 is 27.5 Å². The maximum absolute atomic E-state index is 5.55. The van der Waals surface area contributed by atoms with Crippen LogP contribution in [0.1, 0.15) is 0 Å². The Hall–Kier alpha value is -1.07. The van der Waals surface area contributed by atoms with E-state index in [0.29, 0.717) is 5.82 Å². The predicted molar refractivity (Wildman–Crippen MR) is 55.8 cm³/mol. The van der Waals surface area contributed by atoms with Gasteiger partial charge in [-0.25, -0.2) is 19.9 Å². The molecule has 0 atom stereocenters. The highest BCUT2D eigenvalue weighted by atomic mass is 79.9. The van der Waals surface area contributed by atoms with Crippen molar-refractivity contribution < 1.29 is 0 Å². The summed E-state index contributed by atoms with van der Waals surface area (Å²) in [5, 5.41) is 0.214. The first-order chi connectivity index (χ1) is 6.75. The van der Waals surface area contributed by atoms with Gasteiger partial charge in [0, 0.05) is 24.8 Å². The molecule has 0 aliphatic rings. The van der Waals surface area contributed by atoms with Gasteiger partial charge in [0.25, 0.3) is 0 Å². The molecule has 0 saturated heterocycles. The van der Waals surface area contributed by atoms with Crippen LogP contribution in [-0.2, 0) is 0 Å². The molecule has 0 radical (unpaired) electrons. The van der Waals surface area contributed by atoms with E-state index in [2.05, 4.69) is 35.9 Å². The highest BCUT2D eigenvalue weighted by Gasteiger charge is 2.01. The zero-order valence-corrected chi connectivity index (χ0v) is 9.20. The van der Waals surface area contributed by atoms with Crippen molar-refractivity contribution in [1.29, 1.82) is 0 Å². The van der Waals surface area contributed by atoms with Crippen LogP contribution in [0.4, 0.5) is 0 Å². The summed E-state index contributed by atoms with van der Waals surface area (Å²) in [5.74, 6) is 0.574. The third-order valence-electron chi connectivity index (χ3n) is 1.50. The van der Waals surface area contributed by atoms with Crippen LogP contribution in [0.3, 0.4) is 0 Å². The van der Waals surface area contributed by atoms with Crippen molar-refractivity contribution in [3.8, 4) is 11.4 Å². The maximum atomic E-state index is 5.55. The van der Waals surface area contributed by atoms with Gasteiger partial charge in [-0.3, -0.25) is 0 Å². The smallest absolute Gasteiger partial charge is 0.222 e. The Morgan fingerprint density at radius 1 is 0.929 bits per heavy atom. The molecule has 0 fully saturated rings. The van der Waals surface area contributed by atoms with Crippen LogP contribution in [0.25, 0.3) is 11.4 Å². The molecule has 2 heterocycles. The lowest BCUT2D eigenvalue weighted by Gasteiger charge is -1.97. The average molecular weight is 272 g/mol. The Labute approximate surface area is 93.5 Å². The highest BCUT2D eigenvalue weighted by Crippen LogP contribution is 2.14. The second-order valence-electron chi connectivity index (χ2n) is 2.47. The molecule has 0 amide bonds. The first-order valence-electron chi connectivity index (χ1n) is 3.71. The Balaban J connectivity index is 2.40. The van der Waals surface area contributed by atoms with E-state index in [-0.39, 0.29) is 5.28 Å². The minimum absolute atomic E-state index is 0.214. The van der Waals surface area contributed by atoms with Crippen LogP contribution in [-0.4, -0.2) is 19.9 Å².